The van der Waals surface area contributed by atoms with E-state index in [2.05, 4.69) is 29.5 Å². The molecule has 2 N–H and O–H groups in total. The Hall–Kier alpha value is -1.42. The fourth-order valence-electron chi connectivity index (χ4n) is 2.31. The predicted molar refractivity (Wildman–Crippen MR) is 67.7 cm³/mol. The lowest BCUT2D eigenvalue weighted by molar-refractivity contribution is -0.121. The first-order valence-corrected chi connectivity index (χ1v) is 6.04. The van der Waals surface area contributed by atoms with Gasteiger partial charge in [-0.1, -0.05) is 13.8 Å². The van der Waals surface area contributed by atoms with Gasteiger partial charge in [-0.15, -0.1) is 0 Å². The highest BCUT2D eigenvalue weighted by atomic mass is 16.2. The molecular formula is C13H19N3O. The Morgan fingerprint density at radius 2 is 2.18 bits per heavy atom. The van der Waals surface area contributed by atoms with Crippen LogP contribution in [0.4, 0.5) is 5.69 Å². The number of amides is 1. The van der Waals surface area contributed by atoms with Gasteiger partial charge in [0, 0.05) is 18.1 Å². The number of aromatic nitrogens is 1. The zero-order chi connectivity index (χ0) is 12.3. The van der Waals surface area contributed by atoms with Gasteiger partial charge in [0.1, 0.15) is 0 Å². The maximum Gasteiger partial charge on any atom is 0.242 e. The number of nitrogens with one attached hydrogen (secondary N) is 2. The molecule has 0 radical (unpaired) electrons. The van der Waals surface area contributed by atoms with Crippen LogP contribution in [0, 0.1) is 5.41 Å². The number of pyridine rings is 1. The van der Waals surface area contributed by atoms with Crippen LogP contribution >= 0.6 is 0 Å². The Labute approximate surface area is 102 Å². The van der Waals surface area contributed by atoms with Gasteiger partial charge in [-0.3, -0.25) is 9.78 Å². The number of carbonyl (C=O) groups is 1. The van der Waals surface area contributed by atoms with Crippen LogP contribution in [0.1, 0.15) is 26.7 Å². The quantitative estimate of drug-likeness (QED) is 0.819. The summed E-state index contributed by atoms with van der Waals surface area (Å²) in [6.45, 7) is 5.18. The number of nitrogens with zero attached hydrogens (tertiary/aromatic N) is 1. The maximum atomic E-state index is 12.2. The van der Waals surface area contributed by atoms with Crippen LogP contribution in [0.15, 0.2) is 24.5 Å². The van der Waals surface area contributed by atoms with Crippen LogP contribution in [0.5, 0.6) is 0 Å². The fourth-order valence-corrected chi connectivity index (χ4v) is 2.31. The van der Waals surface area contributed by atoms with Gasteiger partial charge in [0.25, 0.3) is 0 Å². The third-order valence-electron chi connectivity index (χ3n) is 3.34. The van der Waals surface area contributed by atoms with Gasteiger partial charge >= 0.3 is 0 Å². The van der Waals surface area contributed by atoms with Crippen molar-refractivity contribution in [1.82, 2.24) is 10.3 Å². The fraction of sp³-hybridized carbons (Fsp3) is 0.538. The van der Waals surface area contributed by atoms with Crippen molar-refractivity contribution in [3.05, 3.63) is 24.5 Å². The van der Waals surface area contributed by atoms with Gasteiger partial charge in [0.05, 0.1) is 6.04 Å². The summed E-state index contributed by atoms with van der Waals surface area (Å²) in [5, 5.41) is 6.23. The molecule has 0 aliphatic carbocycles. The smallest absolute Gasteiger partial charge is 0.242 e. The molecule has 0 aromatic carbocycles. The lowest BCUT2D eigenvalue weighted by Gasteiger charge is -2.38. The summed E-state index contributed by atoms with van der Waals surface area (Å²) in [7, 11) is 0. The van der Waals surface area contributed by atoms with E-state index in [0.717, 1.165) is 25.1 Å². The van der Waals surface area contributed by atoms with Gasteiger partial charge in [-0.2, -0.15) is 0 Å². The van der Waals surface area contributed by atoms with Crippen molar-refractivity contribution in [2.45, 2.75) is 32.7 Å². The Morgan fingerprint density at radius 1 is 1.47 bits per heavy atom. The van der Waals surface area contributed by atoms with Crippen LogP contribution in [0.25, 0.3) is 0 Å². The van der Waals surface area contributed by atoms with E-state index in [1.807, 2.05) is 0 Å². The standard InChI is InChI=1S/C13H19N3O/c1-13(2)6-3-7-15-11(13)12(17)16-10-4-8-14-9-5-10/h4-5,8-9,11,15H,3,6-7H2,1-2H3,(H,14,16,17). The minimum Gasteiger partial charge on any atom is -0.325 e. The van der Waals surface area contributed by atoms with E-state index in [-0.39, 0.29) is 17.4 Å². The summed E-state index contributed by atoms with van der Waals surface area (Å²) in [6, 6.07) is 3.48. The lowest BCUT2D eigenvalue weighted by Crippen LogP contribution is -2.53. The molecule has 0 spiro atoms. The van der Waals surface area contributed by atoms with Gasteiger partial charge in [-0.25, -0.2) is 0 Å². The molecule has 1 aromatic heterocycles. The molecule has 1 saturated heterocycles. The van der Waals surface area contributed by atoms with Crippen molar-refractivity contribution in [2.75, 3.05) is 11.9 Å². The van der Waals surface area contributed by atoms with E-state index in [1.54, 1.807) is 24.5 Å². The minimum atomic E-state index is -0.121. The molecule has 1 atom stereocenters. The largest absolute Gasteiger partial charge is 0.325 e. The minimum absolute atomic E-state index is 0.00929. The second kappa shape index (κ2) is 4.84. The Morgan fingerprint density at radius 3 is 2.82 bits per heavy atom. The maximum absolute atomic E-state index is 12.2. The van der Waals surface area contributed by atoms with Crippen LogP contribution in [0.2, 0.25) is 0 Å². The van der Waals surface area contributed by atoms with Crippen LogP contribution in [-0.4, -0.2) is 23.5 Å². The highest BCUT2D eigenvalue weighted by Crippen LogP contribution is 2.30. The Balaban J connectivity index is 2.04. The molecule has 1 aromatic rings. The van der Waals surface area contributed by atoms with E-state index < -0.39 is 0 Å². The molecule has 1 amide bonds. The zero-order valence-electron chi connectivity index (χ0n) is 10.4. The lowest BCUT2D eigenvalue weighted by atomic mass is 9.77. The molecule has 0 saturated carbocycles. The number of piperidine rings is 1. The number of rotatable bonds is 2. The molecule has 1 unspecified atom stereocenters. The van der Waals surface area contributed by atoms with Gasteiger partial charge in [0.2, 0.25) is 5.91 Å². The van der Waals surface area contributed by atoms with Crippen molar-refractivity contribution in [2.24, 2.45) is 5.41 Å². The SMILES string of the molecule is CC1(C)CCCNC1C(=O)Nc1ccncc1. The van der Waals surface area contributed by atoms with Crippen LogP contribution < -0.4 is 10.6 Å². The topological polar surface area (TPSA) is 54.0 Å². The molecule has 1 aliphatic rings. The summed E-state index contributed by atoms with van der Waals surface area (Å²) < 4.78 is 0. The Kier molecular flexibility index (Phi) is 3.43. The molecular weight excluding hydrogens is 214 g/mol. The van der Waals surface area contributed by atoms with Gasteiger partial charge in [-0.05, 0) is 36.9 Å². The third-order valence-corrected chi connectivity index (χ3v) is 3.34. The normalized spacial score (nSPS) is 23.1. The van der Waals surface area contributed by atoms with E-state index in [0.29, 0.717) is 0 Å². The molecule has 1 aliphatic heterocycles. The molecule has 17 heavy (non-hydrogen) atoms. The second-order valence-electron chi connectivity index (χ2n) is 5.20. The van der Waals surface area contributed by atoms with E-state index in [4.69, 9.17) is 0 Å². The van der Waals surface area contributed by atoms with Crippen molar-refractivity contribution in [1.29, 1.82) is 0 Å². The van der Waals surface area contributed by atoms with Gasteiger partial charge in [0.15, 0.2) is 0 Å². The summed E-state index contributed by atoms with van der Waals surface area (Å²) in [5.41, 5.74) is 0.809. The molecule has 92 valence electrons. The molecule has 2 heterocycles. The van der Waals surface area contributed by atoms with Gasteiger partial charge < -0.3 is 10.6 Å². The van der Waals surface area contributed by atoms with Crippen molar-refractivity contribution in [3.63, 3.8) is 0 Å². The molecule has 2 rings (SSSR count). The van der Waals surface area contributed by atoms with Crippen molar-refractivity contribution >= 4 is 11.6 Å². The molecule has 0 bridgehead atoms. The third kappa shape index (κ3) is 2.82. The van der Waals surface area contributed by atoms with Crippen LogP contribution in [0.3, 0.4) is 0 Å². The number of hydrogen-bond donors (Lipinski definition) is 2. The monoisotopic (exact) mass is 233 g/mol. The molecule has 4 nitrogen and oxygen atoms in total. The van der Waals surface area contributed by atoms with E-state index in [1.165, 1.54) is 0 Å². The zero-order valence-corrected chi connectivity index (χ0v) is 10.4. The summed E-state index contributed by atoms with van der Waals surface area (Å²) in [4.78, 5) is 16.1. The predicted octanol–water partition coefficient (Wildman–Crippen LogP) is 1.80. The first-order chi connectivity index (χ1) is 8.09. The summed E-state index contributed by atoms with van der Waals surface area (Å²) in [5.74, 6) is 0.0425. The number of hydrogen-bond acceptors (Lipinski definition) is 3. The second-order valence-corrected chi connectivity index (χ2v) is 5.20. The summed E-state index contributed by atoms with van der Waals surface area (Å²) in [6.07, 6.45) is 5.56. The first kappa shape index (κ1) is 12.0. The molecule has 1 fully saturated rings. The number of anilines is 1. The van der Waals surface area contributed by atoms with Crippen molar-refractivity contribution < 1.29 is 4.79 Å². The Bertz CT molecular complexity index is 389. The first-order valence-electron chi connectivity index (χ1n) is 6.04. The summed E-state index contributed by atoms with van der Waals surface area (Å²) >= 11 is 0. The van der Waals surface area contributed by atoms with Crippen LogP contribution in [-0.2, 0) is 4.79 Å². The van der Waals surface area contributed by atoms with E-state index in [9.17, 15) is 4.79 Å². The average Bonchev–Trinajstić information content (AvgIpc) is 2.29. The van der Waals surface area contributed by atoms with Crippen molar-refractivity contribution in [3.8, 4) is 0 Å². The molecule has 4 heteroatoms. The average molecular weight is 233 g/mol. The number of carbonyl (C=O) groups excluding carboxylic acids is 1. The van der Waals surface area contributed by atoms with E-state index >= 15 is 0 Å². The highest BCUT2D eigenvalue weighted by Gasteiger charge is 2.36. The highest BCUT2D eigenvalue weighted by molar-refractivity contribution is 5.95.